The minimum Gasteiger partial charge on any atom is -0.547 e. The van der Waals surface area contributed by atoms with Crippen molar-refractivity contribution >= 4 is 49.7 Å². The molecule has 2 atom stereocenters. The molecular formula is C4H8CaO8. The minimum absolute atomic E-state index is 0. The summed E-state index contributed by atoms with van der Waals surface area (Å²) in [5, 5.41) is 35.7. The molecule has 0 fully saturated rings. The molecule has 0 aliphatic carbocycles. The van der Waals surface area contributed by atoms with Crippen LogP contribution in [0.5, 0.6) is 0 Å². The summed E-state index contributed by atoms with van der Waals surface area (Å²) in [4.78, 5) is 19.3. The molecule has 0 radical (unpaired) electrons. The van der Waals surface area contributed by atoms with Gasteiger partial charge in [-0.15, -0.1) is 0 Å². The molecule has 9 heteroatoms. The van der Waals surface area contributed by atoms with Gasteiger partial charge in [0.2, 0.25) is 0 Å². The van der Waals surface area contributed by atoms with E-state index in [9.17, 15) is 19.8 Å². The van der Waals surface area contributed by atoms with Crippen LogP contribution in [0, 0.1) is 0 Å². The Morgan fingerprint density at radius 3 is 1.15 bits per heavy atom. The first-order valence-electron chi connectivity index (χ1n) is 2.24. The van der Waals surface area contributed by atoms with Gasteiger partial charge in [0.15, 0.2) is 0 Å². The number of carbonyl (C=O) groups is 2. The Hall–Kier alpha value is 0.0397. The number of hydrogen-bond acceptors (Lipinski definition) is 6. The summed E-state index contributed by atoms with van der Waals surface area (Å²) in [6, 6.07) is 0. The number of carboxylic acids is 2. The Balaban J connectivity index is -0.000000135. The molecule has 0 rings (SSSR count). The fraction of sp³-hybridized carbons (Fsp3) is 0.500. The van der Waals surface area contributed by atoms with E-state index in [0.29, 0.717) is 0 Å². The predicted octanol–water partition coefficient (Wildman–Crippen LogP) is -6.82. The van der Waals surface area contributed by atoms with Crippen molar-refractivity contribution < 1.29 is 41.0 Å². The van der Waals surface area contributed by atoms with Gasteiger partial charge in [-0.25, -0.2) is 0 Å². The van der Waals surface area contributed by atoms with Crippen molar-refractivity contribution in [2.75, 3.05) is 0 Å². The van der Waals surface area contributed by atoms with Gasteiger partial charge in [0.1, 0.15) is 12.2 Å². The topological polar surface area (TPSA) is 184 Å². The Morgan fingerprint density at radius 1 is 0.923 bits per heavy atom. The summed E-state index contributed by atoms with van der Waals surface area (Å²) in [7, 11) is 0. The molecule has 0 aromatic rings. The van der Waals surface area contributed by atoms with E-state index in [1.54, 1.807) is 0 Å². The van der Waals surface area contributed by atoms with Gasteiger partial charge in [0.25, 0.3) is 0 Å². The van der Waals surface area contributed by atoms with Crippen molar-refractivity contribution in [3.05, 3.63) is 0 Å². The number of aliphatic hydroxyl groups is 2. The first-order valence-corrected chi connectivity index (χ1v) is 2.24. The molecule has 0 aliphatic heterocycles. The van der Waals surface area contributed by atoms with Crippen LogP contribution >= 0.6 is 0 Å². The van der Waals surface area contributed by atoms with Gasteiger partial charge in [-0.2, -0.15) is 0 Å². The number of carboxylic acid groups (broad SMARTS) is 2. The van der Waals surface area contributed by atoms with Crippen LogP contribution in [-0.2, 0) is 9.59 Å². The molecule has 2 unspecified atom stereocenters. The zero-order valence-electron chi connectivity index (χ0n) is 6.39. The molecule has 0 aromatic heterocycles. The molecule has 6 N–H and O–H groups in total. The monoisotopic (exact) mass is 224 g/mol. The van der Waals surface area contributed by atoms with Crippen LogP contribution < -0.4 is 10.2 Å². The summed E-state index contributed by atoms with van der Waals surface area (Å²) in [6.45, 7) is 0. The second-order valence-corrected chi connectivity index (χ2v) is 1.53. The van der Waals surface area contributed by atoms with Crippen molar-refractivity contribution in [2.24, 2.45) is 0 Å². The molecule has 8 nitrogen and oxygen atoms in total. The Bertz CT molecular complexity index is 140. The van der Waals surface area contributed by atoms with E-state index < -0.39 is 24.1 Å². The molecule has 0 aliphatic rings. The zero-order chi connectivity index (χ0) is 8.31. The molecule has 0 spiro atoms. The van der Waals surface area contributed by atoms with Gasteiger partial charge < -0.3 is 41.0 Å². The fourth-order valence-corrected chi connectivity index (χ4v) is 0.258. The van der Waals surface area contributed by atoms with Crippen molar-refractivity contribution in [1.82, 2.24) is 0 Å². The fourth-order valence-electron chi connectivity index (χ4n) is 0.258. The van der Waals surface area contributed by atoms with Crippen LogP contribution in [-0.4, -0.2) is 83.1 Å². The molecule has 0 aromatic carbocycles. The molecule has 13 heavy (non-hydrogen) atoms. The van der Waals surface area contributed by atoms with Gasteiger partial charge in [-0.05, 0) is 0 Å². The van der Waals surface area contributed by atoms with Crippen LogP contribution in [0.3, 0.4) is 0 Å². The molecule has 0 amide bonds. The maximum Gasteiger partial charge on any atom is 2.00 e. The average molecular weight is 224 g/mol. The number of rotatable bonds is 3. The van der Waals surface area contributed by atoms with Crippen LogP contribution in [0.25, 0.3) is 0 Å². The minimum atomic E-state index is -2.44. The quantitative estimate of drug-likeness (QED) is 0.448. The normalized spacial score (nSPS) is 12.2. The molecule has 0 saturated carbocycles. The van der Waals surface area contributed by atoms with Crippen molar-refractivity contribution in [1.29, 1.82) is 0 Å². The van der Waals surface area contributed by atoms with Gasteiger partial charge >= 0.3 is 37.7 Å². The first kappa shape index (κ1) is 23.1. The number of hydrogen-bond donors (Lipinski definition) is 2. The van der Waals surface area contributed by atoms with E-state index in [4.69, 9.17) is 10.2 Å². The van der Waals surface area contributed by atoms with E-state index in [2.05, 4.69) is 0 Å². The zero-order valence-corrected chi connectivity index (χ0v) is 8.60. The molecule has 0 heterocycles. The van der Waals surface area contributed by atoms with Crippen LogP contribution in [0.4, 0.5) is 0 Å². The Kier molecular flexibility index (Phi) is 18.0. The summed E-state index contributed by atoms with van der Waals surface area (Å²) >= 11 is 0. The smallest absolute Gasteiger partial charge is 0.547 e. The number of carbonyl (C=O) groups excluding carboxylic acids is 2. The van der Waals surface area contributed by atoms with Crippen molar-refractivity contribution in [2.45, 2.75) is 12.2 Å². The van der Waals surface area contributed by atoms with Gasteiger partial charge in [0, 0.05) is 0 Å². The molecule has 0 saturated heterocycles. The summed E-state index contributed by atoms with van der Waals surface area (Å²) < 4.78 is 0. The number of aliphatic hydroxyl groups excluding tert-OH is 2. The van der Waals surface area contributed by atoms with Crippen LogP contribution in [0.15, 0.2) is 0 Å². The maximum atomic E-state index is 9.63. The summed E-state index contributed by atoms with van der Waals surface area (Å²) in [5.41, 5.74) is 0. The Morgan fingerprint density at radius 2 is 1.08 bits per heavy atom. The standard InChI is InChI=1S/C4H6O6.Ca.2H2O/c5-1(3(7)8)2(6)4(9)10;;;/h1-2,5-6H,(H,7,8)(H,9,10);;2*1H2/q;+2;;/p-2. The van der Waals surface area contributed by atoms with E-state index >= 15 is 0 Å². The summed E-state index contributed by atoms with van der Waals surface area (Å²) in [6.07, 6.45) is -4.88. The first-order chi connectivity index (χ1) is 4.46. The van der Waals surface area contributed by atoms with E-state index in [1.807, 2.05) is 0 Å². The second kappa shape index (κ2) is 10.1. The third-order valence-corrected chi connectivity index (χ3v) is 0.782. The SMILES string of the molecule is O.O.O=C([O-])C(O)C(O)C(=O)[O-].[Ca+2]. The average Bonchev–Trinajstić information content (AvgIpc) is 1.84. The van der Waals surface area contributed by atoms with Crippen molar-refractivity contribution in [3.8, 4) is 0 Å². The third kappa shape index (κ3) is 8.37. The van der Waals surface area contributed by atoms with Gasteiger partial charge in [-0.3, -0.25) is 0 Å². The molecule has 0 bridgehead atoms. The van der Waals surface area contributed by atoms with Gasteiger partial charge in [-0.1, -0.05) is 0 Å². The maximum absolute atomic E-state index is 9.63. The van der Waals surface area contributed by atoms with E-state index in [0.717, 1.165) is 0 Å². The Labute approximate surface area is 102 Å². The largest absolute Gasteiger partial charge is 2.00 e. The molecular weight excluding hydrogens is 216 g/mol. The third-order valence-electron chi connectivity index (χ3n) is 0.782. The van der Waals surface area contributed by atoms with E-state index in [-0.39, 0.29) is 48.7 Å². The van der Waals surface area contributed by atoms with Crippen LogP contribution in [0.1, 0.15) is 0 Å². The molecule has 74 valence electrons. The second-order valence-electron chi connectivity index (χ2n) is 1.53. The predicted molar refractivity (Wildman–Crippen MR) is 35.0 cm³/mol. The van der Waals surface area contributed by atoms with Crippen molar-refractivity contribution in [3.63, 3.8) is 0 Å². The van der Waals surface area contributed by atoms with Crippen LogP contribution in [0.2, 0.25) is 0 Å². The summed E-state index contributed by atoms with van der Waals surface area (Å²) in [5.74, 6) is -4.12. The van der Waals surface area contributed by atoms with E-state index in [1.165, 1.54) is 0 Å². The van der Waals surface area contributed by atoms with Gasteiger partial charge in [0.05, 0.1) is 11.9 Å². The number of aliphatic carboxylic acids is 2.